The second kappa shape index (κ2) is 9.96. The molecule has 2 aromatic rings. The van der Waals surface area contributed by atoms with E-state index in [4.69, 9.17) is 9.47 Å². The van der Waals surface area contributed by atoms with Crippen LogP contribution in [0.5, 0.6) is 0 Å². The summed E-state index contributed by atoms with van der Waals surface area (Å²) in [6.07, 6.45) is 3.95. The van der Waals surface area contributed by atoms with E-state index < -0.39 is 11.5 Å². The summed E-state index contributed by atoms with van der Waals surface area (Å²) in [4.78, 5) is 25.7. The van der Waals surface area contributed by atoms with Crippen LogP contribution in [0.2, 0.25) is 0 Å². The van der Waals surface area contributed by atoms with Gasteiger partial charge in [0.15, 0.2) is 0 Å². The topological polar surface area (TPSA) is 76.7 Å². The van der Waals surface area contributed by atoms with E-state index in [0.29, 0.717) is 38.2 Å². The lowest BCUT2D eigenvalue weighted by Gasteiger charge is -2.38. The molecule has 31 heavy (non-hydrogen) atoms. The minimum absolute atomic E-state index is 0.000734. The molecular weight excluding hydrogens is 392 g/mol. The summed E-state index contributed by atoms with van der Waals surface area (Å²) >= 11 is 0. The Labute approximate surface area is 183 Å². The molecule has 2 aliphatic rings. The predicted molar refractivity (Wildman–Crippen MR) is 119 cm³/mol. The number of benzene rings is 2. The number of para-hydroxylation sites is 1. The number of ether oxygens (including phenoxy) is 2. The first-order valence-electron chi connectivity index (χ1n) is 11.1. The largest absolute Gasteiger partial charge is 0.446 e. The van der Waals surface area contributed by atoms with Crippen LogP contribution in [0.15, 0.2) is 60.7 Å². The smallest absolute Gasteiger partial charge is 0.411 e. The quantitative estimate of drug-likeness (QED) is 0.748. The van der Waals surface area contributed by atoms with Crippen LogP contribution in [-0.2, 0) is 19.7 Å². The van der Waals surface area contributed by atoms with E-state index in [1.807, 2.05) is 60.7 Å². The summed E-state index contributed by atoms with van der Waals surface area (Å²) in [5, 5.41) is 6.04. The monoisotopic (exact) mass is 422 g/mol. The molecule has 2 atom stereocenters. The van der Waals surface area contributed by atoms with Crippen molar-refractivity contribution in [3.63, 3.8) is 0 Å². The van der Waals surface area contributed by atoms with Gasteiger partial charge >= 0.3 is 6.09 Å². The molecule has 1 aliphatic heterocycles. The molecule has 2 unspecified atom stereocenters. The summed E-state index contributed by atoms with van der Waals surface area (Å²) in [5.74, 6) is 0.0568. The second-order valence-corrected chi connectivity index (χ2v) is 8.42. The average Bonchev–Trinajstić information content (AvgIpc) is 2.81. The van der Waals surface area contributed by atoms with Crippen LogP contribution in [0.1, 0.15) is 44.1 Å². The Morgan fingerprint density at radius 1 is 0.935 bits per heavy atom. The molecule has 0 aromatic heterocycles. The lowest BCUT2D eigenvalue weighted by molar-refractivity contribution is -0.131. The van der Waals surface area contributed by atoms with Crippen molar-refractivity contribution in [1.29, 1.82) is 0 Å². The molecule has 164 valence electrons. The van der Waals surface area contributed by atoms with Crippen molar-refractivity contribution in [2.45, 2.75) is 56.1 Å². The van der Waals surface area contributed by atoms with E-state index in [1.54, 1.807) is 0 Å². The van der Waals surface area contributed by atoms with E-state index in [9.17, 15) is 9.59 Å². The summed E-state index contributed by atoms with van der Waals surface area (Å²) in [5.41, 5.74) is 1.19. The van der Waals surface area contributed by atoms with E-state index in [0.717, 1.165) is 24.8 Å². The maximum absolute atomic E-state index is 13.5. The molecule has 2 amide bonds. The van der Waals surface area contributed by atoms with Crippen molar-refractivity contribution < 1.29 is 19.1 Å². The number of amides is 2. The summed E-state index contributed by atoms with van der Waals surface area (Å²) in [6, 6.07) is 19.3. The Kier molecular flexibility index (Phi) is 6.87. The van der Waals surface area contributed by atoms with Gasteiger partial charge < -0.3 is 14.8 Å². The third-order valence-electron chi connectivity index (χ3n) is 6.36. The van der Waals surface area contributed by atoms with Gasteiger partial charge in [-0.05, 0) is 49.8 Å². The standard InChI is InChI=1S/C25H30N2O4/c28-23(25(14-16-30-17-15-25)19-8-3-1-4-9-19)26-21-12-7-13-22(18-21)31-24(29)27-20-10-5-2-6-11-20/h1-6,8-11,21-22H,7,12-18H2,(H,26,28)(H,27,29). The van der Waals surface area contributed by atoms with E-state index in [2.05, 4.69) is 10.6 Å². The molecule has 4 rings (SSSR count). The predicted octanol–water partition coefficient (Wildman–Crippen LogP) is 4.41. The molecule has 0 radical (unpaired) electrons. The molecule has 1 saturated carbocycles. The minimum atomic E-state index is -0.558. The van der Waals surface area contributed by atoms with Crippen molar-refractivity contribution in [3.8, 4) is 0 Å². The summed E-state index contributed by atoms with van der Waals surface area (Å²) in [7, 11) is 0. The van der Waals surface area contributed by atoms with E-state index in [1.165, 1.54) is 0 Å². The van der Waals surface area contributed by atoms with Gasteiger partial charge in [-0.1, -0.05) is 48.5 Å². The van der Waals surface area contributed by atoms with Crippen LogP contribution >= 0.6 is 0 Å². The highest BCUT2D eigenvalue weighted by atomic mass is 16.6. The summed E-state index contributed by atoms with van der Waals surface area (Å²) in [6.45, 7) is 1.16. The SMILES string of the molecule is O=C(Nc1ccccc1)OC1CCCC(NC(=O)C2(c3ccccc3)CCOCC2)C1. The van der Waals surface area contributed by atoms with Crippen LogP contribution < -0.4 is 10.6 Å². The van der Waals surface area contributed by atoms with Gasteiger partial charge in [0.25, 0.3) is 0 Å². The Balaban J connectivity index is 1.37. The fraction of sp³-hybridized carbons (Fsp3) is 0.440. The van der Waals surface area contributed by atoms with Gasteiger partial charge in [-0.3, -0.25) is 10.1 Å². The third-order valence-corrected chi connectivity index (χ3v) is 6.36. The molecule has 2 aromatic carbocycles. The van der Waals surface area contributed by atoms with Crippen molar-refractivity contribution in [3.05, 3.63) is 66.2 Å². The average molecular weight is 423 g/mol. The third kappa shape index (κ3) is 5.25. The van der Waals surface area contributed by atoms with Crippen LogP contribution in [0.4, 0.5) is 10.5 Å². The summed E-state index contributed by atoms with van der Waals surface area (Å²) < 4.78 is 11.2. The number of carbonyl (C=O) groups excluding carboxylic acids is 2. The molecule has 6 heteroatoms. The zero-order valence-corrected chi connectivity index (χ0v) is 17.7. The first-order valence-corrected chi connectivity index (χ1v) is 11.1. The molecular formula is C25H30N2O4. The second-order valence-electron chi connectivity index (χ2n) is 8.42. The number of anilines is 1. The molecule has 2 fully saturated rings. The Bertz CT molecular complexity index is 866. The molecule has 6 nitrogen and oxygen atoms in total. The maximum Gasteiger partial charge on any atom is 0.411 e. The Hall–Kier alpha value is -2.86. The number of nitrogens with one attached hydrogen (secondary N) is 2. The van der Waals surface area contributed by atoms with Crippen molar-refractivity contribution in [1.82, 2.24) is 5.32 Å². The van der Waals surface area contributed by atoms with Crippen molar-refractivity contribution in [2.24, 2.45) is 0 Å². The lowest BCUT2D eigenvalue weighted by atomic mass is 9.73. The van der Waals surface area contributed by atoms with Gasteiger partial charge in [0, 0.05) is 31.4 Å². The highest BCUT2D eigenvalue weighted by Gasteiger charge is 2.42. The lowest BCUT2D eigenvalue weighted by Crippen LogP contribution is -2.52. The van der Waals surface area contributed by atoms with Crippen LogP contribution in [-0.4, -0.2) is 37.4 Å². The molecule has 1 saturated heterocycles. The number of hydrogen-bond acceptors (Lipinski definition) is 4. The van der Waals surface area contributed by atoms with Crippen LogP contribution in [0.3, 0.4) is 0 Å². The van der Waals surface area contributed by atoms with Gasteiger partial charge in [-0.15, -0.1) is 0 Å². The minimum Gasteiger partial charge on any atom is -0.446 e. The Morgan fingerprint density at radius 3 is 2.32 bits per heavy atom. The first-order chi connectivity index (χ1) is 15.2. The van der Waals surface area contributed by atoms with Crippen molar-refractivity contribution >= 4 is 17.7 Å². The van der Waals surface area contributed by atoms with Gasteiger partial charge in [0.1, 0.15) is 6.10 Å². The number of hydrogen-bond donors (Lipinski definition) is 2. The molecule has 1 aliphatic carbocycles. The van der Waals surface area contributed by atoms with Crippen LogP contribution in [0, 0.1) is 0 Å². The van der Waals surface area contributed by atoms with Crippen LogP contribution in [0.25, 0.3) is 0 Å². The highest BCUT2D eigenvalue weighted by molar-refractivity contribution is 5.88. The fourth-order valence-corrected chi connectivity index (χ4v) is 4.65. The highest BCUT2D eigenvalue weighted by Crippen LogP contribution is 2.36. The molecule has 2 N–H and O–H groups in total. The van der Waals surface area contributed by atoms with Crippen molar-refractivity contribution in [2.75, 3.05) is 18.5 Å². The molecule has 0 spiro atoms. The number of carbonyl (C=O) groups is 2. The Morgan fingerprint density at radius 2 is 1.61 bits per heavy atom. The first kappa shape index (κ1) is 21.4. The molecule has 1 heterocycles. The normalized spacial score (nSPS) is 22.8. The zero-order chi connectivity index (χ0) is 21.5. The van der Waals surface area contributed by atoms with Gasteiger partial charge in [0.05, 0.1) is 5.41 Å². The zero-order valence-electron chi connectivity index (χ0n) is 17.7. The molecule has 0 bridgehead atoms. The van der Waals surface area contributed by atoms with Gasteiger partial charge in [0.2, 0.25) is 5.91 Å². The van der Waals surface area contributed by atoms with E-state index >= 15 is 0 Å². The van der Waals surface area contributed by atoms with Gasteiger partial charge in [-0.25, -0.2) is 4.79 Å². The number of rotatable bonds is 5. The fourth-order valence-electron chi connectivity index (χ4n) is 4.65. The maximum atomic E-state index is 13.5. The van der Waals surface area contributed by atoms with E-state index in [-0.39, 0.29) is 18.1 Å². The van der Waals surface area contributed by atoms with Gasteiger partial charge in [-0.2, -0.15) is 0 Å².